The maximum atomic E-state index is 12.7. The number of hydrogen-bond acceptors (Lipinski definition) is 5. The van der Waals surface area contributed by atoms with Crippen molar-refractivity contribution in [3.05, 3.63) is 54.4 Å². The third-order valence-corrected chi connectivity index (χ3v) is 4.85. The molecule has 1 aliphatic heterocycles. The molecular weight excluding hydrogens is 330 g/mol. The van der Waals surface area contributed by atoms with E-state index < -0.39 is 0 Å². The van der Waals surface area contributed by atoms with E-state index in [1.165, 1.54) is 0 Å². The molecule has 134 valence electrons. The van der Waals surface area contributed by atoms with Crippen LogP contribution in [-0.4, -0.2) is 43.6 Å². The lowest BCUT2D eigenvalue weighted by molar-refractivity contribution is 0.0683. The Morgan fingerprint density at radius 2 is 2.00 bits per heavy atom. The number of aromatic nitrogens is 4. The van der Waals surface area contributed by atoms with E-state index in [1.807, 2.05) is 41.7 Å². The van der Waals surface area contributed by atoms with Crippen LogP contribution in [0, 0.1) is 12.8 Å². The maximum absolute atomic E-state index is 12.7. The molecule has 3 aromatic rings. The minimum Gasteiger partial charge on any atom is -0.339 e. The molecule has 0 saturated carbocycles. The molecule has 1 amide bonds. The number of hydrogen-bond donors (Lipinski definition) is 0. The Labute approximate surface area is 151 Å². The van der Waals surface area contributed by atoms with E-state index in [4.69, 9.17) is 4.52 Å². The van der Waals surface area contributed by atoms with Gasteiger partial charge in [-0.05, 0) is 30.9 Å². The molecule has 0 radical (unpaired) electrons. The first-order valence-corrected chi connectivity index (χ1v) is 8.85. The van der Waals surface area contributed by atoms with Gasteiger partial charge < -0.3 is 14.0 Å². The Morgan fingerprint density at radius 3 is 2.62 bits per heavy atom. The molecule has 3 heterocycles. The molecule has 1 aromatic carbocycles. The van der Waals surface area contributed by atoms with Crippen molar-refractivity contribution in [3.63, 3.8) is 0 Å². The second kappa shape index (κ2) is 7.11. The third-order valence-electron chi connectivity index (χ3n) is 4.85. The Bertz CT molecular complexity index is 862. The van der Waals surface area contributed by atoms with Gasteiger partial charge in [-0.25, -0.2) is 4.98 Å². The van der Waals surface area contributed by atoms with Gasteiger partial charge in [0.1, 0.15) is 0 Å². The van der Waals surface area contributed by atoms with Gasteiger partial charge in [-0.2, -0.15) is 4.98 Å². The summed E-state index contributed by atoms with van der Waals surface area (Å²) < 4.78 is 7.11. The van der Waals surface area contributed by atoms with Crippen LogP contribution in [-0.2, 0) is 6.54 Å². The number of imidazole rings is 1. The smallest absolute Gasteiger partial charge is 0.253 e. The Morgan fingerprint density at radius 1 is 1.23 bits per heavy atom. The van der Waals surface area contributed by atoms with Gasteiger partial charge in [0.25, 0.3) is 5.91 Å². The van der Waals surface area contributed by atoms with Crippen LogP contribution >= 0.6 is 0 Å². The Hall–Kier alpha value is -2.96. The van der Waals surface area contributed by atoms with Crippen molar-refractivity contribution in [1.82, 2.24) is 24.6 Å². The molecule has 0 N–H and O–H groups in total. The number of carbonyl (C=O) groups excluding carboxylic acids is 1. The van der Waals surface area contributed by atoms with Crippen molar-refractivity contribution in [3.8, 4) is 11.4 Å². The molecule has 0 unspecified atom stereocenters. The predicted octanol–water partition coefficient (Wildman–Crippen LogP) is 2.79. The molecule has 26 heavy (non-hydrogen) atoms. The minimum absolute atomic E-state index is 0.0851. The second-order valence-electron chi connectivity index (χ2n) is 6.71. The molecule has 0 aliphatic carbocycles. The van der Waals surface area contributed by atoms with Gasteiger partial charge in [0.05, 0.1) is 6.33 Å². The number of carbonyl (C=O) groups is 1. The summed E-state index contributed by atoms with van der Waals surface area (Å²) in [4.78, 5) is 23.0. The van der Waals surface area contributed by atoms with E-state index in [9.17, 15) is 4.79 Å². The average Bonchev–Trinajstić information content (AvgIpc) is 3.34. The highest BCUT2D eigenvalue weighted by molar-refractivity contribution is 5.94. The quantitative estimate of drug-likeness (QED) is 0.722. The third kappa shape index (κ3) is 3.51. The first-order valence-electron chi connectivity index (χ1n) is 8.85. The fraction of sp³-hybridized carbons (Fsp3) is 0.368. The predicted molar refractivity (Wildman–Crippen MR) is 95.3 cm³/mol. The van der Waals surface area contributed by atoms with Crippen LogP contribution < -0.4 is 0 Å². The highest BCUT2D eigenvalue weighted by Gasteiger charge is 2.24. The minimum atomic E-state index is 0.0851. The monoisotopic (exact) mass is 351 g/mol. The molecule has 7 heteroatoms. The summed E-state index contributed by atoms with van der Waals surface area (Å²) in [6.07, 6.45) is 7.68. The van der Waals surface area contributed by atoms with Gasteiger partial charge in [0, 0.05) is 50.1 Å². The Kier molecular flexibility index (Phi) is 4.51. The lowest BCUT2D eigenvalue weighted by Gasteiger charge is -2.32. The SMILES string of the molecule is Cc1nc(-c2ccc(C(=O)N3CCC(Cn4ccnc4)CC3)cc2)no1. The highest BCUT2D eigenvalue weighted by atomic mass is 16.5. The van der Waals surface area contributed by atoms with E-state index in [0.29, 0.717) is 23.2 Å². The lowest BCUT2D eigenvalue weighted by atomic mass is 9.96. The van der Waals surface area contributed by atoms with Crippen molar-refractivity contribution in [2.24, 2.45) is 5.92 Å². The number of aryl methyl sites for hydroxylation is 1. The summed E-state index contributed by atoms with van der Waals surface area (Å²) in [5.41, 5.74) is 1.54. The van der Waals surface area contributed by atoms with E-state index >= 15 is 0 Å². The molecule has 2 aromatic heterocycles. The van der Waals surface area contributed by atoms with Crippen molar-refractivity contribution in [2.75, 3.05) is 13.1 Å². The van der Waals surface area contributed by atoms with Gasteiger partial charge >= 0.3 is 0 Å². The number of amides is 1. The Balaban J connectivity index is 1.36. The number of likely N-dealkylation sites (tertiary alicyclic amines) is 1. The summed E-state index contributed by atoms with van der Waals surface area (Å²) >= 11 is 0. The molecule has 0 spiro atoms. The highest BCUT2D eigenvalue weighted by Crippen LogP contribution is 2.22. The molecule has 7 nitrogen and oxygen atoms in total. The van der Waals surface area contributed by atoms with Gasteiger partial charge in [0.15, 0.2) is 0 Å². The van der Waals surface area contributed by atoms with Crippen molar-refractivity contribution in [2.45, 2.75) is 26.3 Å². The largest absolute Gasteiger partial charge is 0.339 e. The van der Waals surface area contributed by atoms with Gasteiger partial charge in [0.2, 0.25) is 11.7 Å². The standard InChI is InChI=1S/C19H21N5O2/c1-14-21-18(22-26-14)16-2-4-17(5-3-16)19(25)24-9-6-15(7-10-24)12-23-11-8-20-13-23/h2-5,8,11,13,15H,6-7,9-10,12H2,1H3. The zero-order chi connectivity index (χ0) is 17.9. The zero-order valence-corrected chi connectivity index (χ0v) is 14.7. The molecule has 4 rings (SSSR count). The molecule has 1 fully saturated rings. The van der Waals surface area contributed by atoms with E-state index in [1.54, 1.807) is 13.1 Å². The van der Waals surface area contributed by atoms with Crippen LogP contribution in [0.15, 0.2) is 47.5 Å². The van der Waals surface area contributed by atoms with Gasteiger partial charge in [-0.3, -0.25) is 4.79 Å². The van der Waals surface area contributed by atoms with Crippen molar-refractivity contribution < 1.29 is 9.32 Å². The summed E-state index contributed by atoms with van der Waals surface area (Å²) in [6.45, 7) is 4.32. The topological polar surface area (TPSA) is 77.1 Å². The second-order valence-corrected chi connectivity index (χ2v) is 6.71. The van der Waals surface area contributed by atoms with Crippen molar-refractivity contribution >= 4 is 5.91 Å². The molecule has 0 bridgehead atoms. The summed E-state index contributed by atoms with van der Waals surface area (Å²) in [5.74, 6) is 1.75. The molecule has 1 saturated heterocycles. The van der Waals surface area contributed by atoms with Crippen LogP contribution in [0.1, 0.15) is 29.1 Å². The van der Waals surface area contributed by atoms with Crippen LogP contribution in [0.25, 0.3) is 11.4 Å². The maximum Gasteiger partial charge on any atom is 0.253 e. The first-order chi connectivity index (χ1) is 12.7. The number of benzene rings is 1. The van der Waals surface area contributed by atoms with Crippen molar-refractivity contribution in [1.29, 1.82) is 0 Å². The number of nitrogens with zero attached hydrogens (tertiary/aromatic N) is 5. The molecule has 1 aliphatic rings. The van der Waals surface area contributed by atoms with E-state index in [0.717, 1.165) is 38.0 Å². The van der Waals surface area contributed by atoms with Crippen LogP contribution in [0.2, 0.25) is 0 Å². The van der Waals surface area contributed by atoms with E-state index in [2.05, 4.69) is 19.7 Å². The fourth-order valence-corrected chi connectivity index (χ4v) is 3.37. The average molecular weight is 351 g/mol. The molecule has 0 atom stereocenters. The molecular formula is C19H21N5O2. The lowest BCUT2D eigenvalue weighted by Crippen LogP contribution is -2.39. The fourth-order valence-electron chi connectivity index (χ4n) is 3.37. The first kappa shape index (κ1) is 16.5. The number of piperidine rings is 1. The zero-order valence-electron chi connectivity index (χ0n) is 14.7. The van der Waals surface area contributed by atoms with Gasteiger partial charge in [-0.1, -0.05) is 17.3 Å². The summed E-state index contributed by atoms with van der Waals surface area (Å²) in [7, 11) is 0. The van der Waals surface area contributed by atoms with E-state index in [-0.39, 0.29) is 5.91 Å². The number of rotatable bonds is 4. The van der Waals surface area contributed by atoms with Crippen LogP contribution in [0.4, 0.5) is 0 Å². The summed E-state index contributed by atoms with van der Waals surface area (Å²) in [6, 6.07) is 7.40. The summed E-state index contributed by atoms with van der Waals surface area (Å²) in [5, 5.41) is 3.90. The van der Waals surface area contributed by atoms with Crippen LogP contribution in [0.3, 0.4) is 0 Å². The van der Waals surface area contributed by atoms with Gasteiger partial charge in [-0.15, -0.1) is 0 Å². The van der Waals surface area contributed by atoms with Crippen LogP contribution in [0.5, 0.6) is 0 Å². The normalized spacial score (nSPS) is 15.3.